The fourth-order valence-electron chi connectivity index (χ4n) is 3.22. The van der Waals surface area contributed by atoms with Crippen LogP contribution in [0.2, 0.25) is 0 Å². The number of thioether (sulfide) groups is 1. The van der Waals surface area contributed by atoms with Gasteiger partial charge in [-0.1, -0.05) is 6.07 Å². The molecule has 0 unspecified atom stereocenters. The van der Waals surface area contributed by atoms with Crippen LogP contribution in [0.5, 0.6) is 0 Å². The molecule has 2 aromatic heterocycles. The van der Waals surface area contributed by atoms with Crippen LogP contribution in [-0.4, -0.2) is 33.7 Å². The van der Waals surface area contributed by atoms with Crippen molar-refractivity contribution >= 4 is 35.0 Å². The molecule has 1 aliphatic rings. The van der Waals surface area contributed by atoms with Crippen LogP contribution in [0.1, 0.15) is 33.1 Å². The quantitative estimate of drug-likeness (QED) is 0.426. The zero-order valence-electron chi connectivity index (χ0n) is 17.2. The van der Waals surface area contributed by atoms with Gasteiger partial charge in [0, 0.05) is 17.6 Å². The third-order valence-electron chi connectivity index (χ3n) is 5.06. The molecule has 8 heteroatoms. The summed E-state index contributed by atoms with van der Waals surface area (Å²) in [6.45, 7) is 4.05. The van der Waals surface area contributed by atoms with Crippen molar-refractivity contribution in [1.82, 2.24) is 9.47 Å². The molecule has 0 saturated carbocycles. The summed E-state index contributed by atoms with van der Waals surface area (Å²) < 4.78 is 12.0. The zero-order chi connectivity index (χ0) is 22.1. The maximum Gasteiger partial charge on any atom is 0.373 e. The van der Waals surface area contributed by atoms with E-state index in [2.05, 4.69) is 17.7 Å². The van der Waals surface area contributed by atoms with E-state index in [1.165, 1.54) is 24.3 Å². The number of imide groups is 1. The van der Waals surface area contributed by atoms with Crippen LogP contribution in [0, 0.1) is 13.8 Å². The lowest BCUT2D eigenvalue weighted by Crippen LogP contribution is -2.27. The number of rotatable bonds is 5. The van der Waals surface area contributed by atoms with E-state index in [-0.39, 0.29) is 12.3 Å². The number of carbonyl (C=O) groups excluding carboxylic acids is 3. The van der Waals surface area contributed by atoms with Gasteiger partial charge in [0.15, 0.2) is 0 Å². The molecule has 1 aromatic carbocycles. The molecule has 0 spiro atoms. The van der Waals surface area contributed by atoms with Crippen molar-refractivity contribution in [2.24, 2.45) is 0 Å². The molecule has 0 bridgehead atoms. The van der Waals surface area contributed by atoms with E-state index in [1.54, 1.807) is 12.1 Å². The van der Waals surface area contributed by atoms with Gasteiger partial charge in [-0.2, -0.15) is 0 Å². The summed E-state index contributed by atoms with van der Waals surface area (Å²) in [5.41, 5.74) is 4.14. The number of nitrogens with zero attached hydrogens (tertiary/aromatic N) is 2. The van der Waals surface area contributed by atoms with Crippen LogP contribution < -0.4 is 0 Å². The lowest BCUT2D eigenvalue weighted by Gasteiger charge is -2.11. The molecule has 1 saturated heterocycles. The highest BCUT2D eigenvalue weighted by atomic mass is 32.2. The first-order valence-corrected chi connectivity index (χ1v) is 10.4. The number of hydrogen-bond acceptors (Lipinski definition) is 6. The van der Waals surface area contributed by atoms with Crippen molar-refractivity contribution in [2.45, 2.75) is 20.4 Å². The van der Waals surface area contributed by atoms with Crippen LogP contribution >= 0.6 is 11.8 Å². The van der Waals surface area contributed by atoms with Crippen LogP contribution in [-0.2, 0) is 16.1 Å². The Morgan fingerprint density at radius 2 is 1.94 bits per heavy atom. The number of amides is 2. The Bertz CT molecular complexity index is 1220. The number of carbonyl (C=O) groups is 3. The summed E-state index contributed by atoms with van der Waals surface area (Å²) in [4.78, 5) is 38.3. The van der Waals surface area contributed by atoms with Gasteiger partial charge in [0.25, 0.3) is 11.1 Å². The second kappa shape index (κ2) is 8.31. The number of aromatic nitrogens is 1. The normalized spacial score (nSPS) is 15.2. The minimum absolute atomic E-state index is 0.0197. The van der Waals surface area contributed by atoms with E-state index in [1.807, 2.05) is 42.0 Å². The molecule has 31 heavy (non-hydrogen) atoms. The first kappa shape index (κ1) is 20.7. The van der Waals surface area contributed by atoms with Crippen LogP contribution in [0.25, 0.3) is 11.8 Å². The smallest absolute Gasteiger partial charge is 0.373 e. The van der Waals surface area contributed by atoms with E-state index in [0.29, 0.717) is 10.7 Å². The van der Waals surface area contributed by atoms with Crippen LogP contribution in [0.3, 0.4) is 0 Å². The molecule has 3 aromatic rings. The van der Waals surface area contributed by atoms with E-state index < -0.39 is 17.1 Å². The largest absolute Gasteiger partial charge is 0.463 e. The molecule has 0 N–H and O–H groups in total. The monoisotopic (exact) mass is 436 g/mol. The highest BCUT2D eigenvalue weighted by Crippen LogP contribution is 2.34. The molecule has 7 nitrogen and oxygen atoms in total. The van der Waals surface area contributed by atoms with Gasteiger partial charge >= 0.3 is 5.97 Å². The SMILES string of the molecule is COC(=O)c1ccc(CN2C(=O)SC(=Cc3cccn3-c3ccc(C)c(C)c3)C2=O)o1. The minimum atomic E-state index is -0.618. The second-order valence-corrected chi connectivity index (χ2v) is 8.09. The molecule has 1 aliphatic heterocycles. The lowest BCUT2D eigenvalue weighted by atomic mass is 10.1. The van der Waals surface area contributed by atoms with Crippen molar-refractivity contribution in [3.8, 4) is 5.69 Å². The highest BCUT2D eigenvalue weighted by Gasteiger charge is 2.36. The first-order valence-electron chi connectivity index (χ1n) is 9.55. The van der Waals surface area contributed by atoms with Gasteiger partial charge in [-0.05, 0) is 79.2 Å². The van der Waals surface area contributed by atoms with E-state index in [4.69, 9.17) is 4.42 Å². The van der Waals surface area contributed by atoms with Crippen molar-refractivity contribution in [3.05, 3.63) is 81.9 Å². The average Bonchev–Trinajstić information content (AvgIpc) is 3.47. The number of benzene rings is 1. The molecule has 0 atom stereocenters. The fraction of sp³-hybridized carbons (Fsp3) is 0.174. The Morgan fingerprint density at radius 1 is 1.13 bits per heavy atom. The van der Waals surface area contributed by atoms with Crippen molar-refractivity contribution in [1.29, 1.82) is 0 Å². The topological polar surface area (TPSA) is 81.8 Å². The molecule has 1 fully saturated rings. The van der Waals surface area contributed by atoms with E-state index >= 15 is 0 Å². The molecule has 0 radical (unpaired) electrons. The van der Waals surface area contributed by atoms with Gasteiger partial charge in [-0.3, -0.25) is 14.5 Å². The number of furan rings is 1. The molecule has 3 heterocycles. The summed E-state index contributed by atoms with van der Waals surface area (Å²) >= 11 is 0.878. The summed E-state index contributed by atoms with van der Waals surface area (Å²) in [6.07, 6.45) is 3.62. The predicted octanol–water partition coefficient (Wildman–Crippen LogP) is 4.71. The summed E-state index contributed by atoms with van der Waals surface area (Å²) in [5, 5.41) is -0.392. The summed E-state index contributed by atoms with van der Waals surface area (Å²) in [7, 11) is 1.25. The van der Waals surface area contributed by atoms with E-state index in [9.17, 15) is 14.4 Å². The van der Waals surface area contributed by atoms with Gasteiger partial charge in [0.1, 0.15) is 5.76 Å². The Balaban J connectivity index is 1.57. The van der Waals surface area contributed by atoms with Gasteiger partial charge in [0.2, 0.25) is 5.76 Å². The average molecular weight is 436 g/mol. The summed E-state index contributed by atoms with van der Waals surface area (Å²) in [5.74, 6) is -0.681. The number of methoxy groups -OCH3 is 1. The summed E-state index contributed by atoms with van der Waals surface area (Å²) in [6, 6.07) is 12.9. The third kappa shape index (κ3) is 4.06. The van der Waals surface area contributed by atoms with Crippen molar-refractivity contribution in [2.75, 3.05) is 7.11 Å². The second-order valence-electron chi connectivity index (χ2n) is 7.10. The molecule has 2 amide bonds. The Morgan fingerprint density at radius 3 is 2.68 bits per heavy atom. The van der Waals surface area contributed by atoms with Crippen LogP contribution in [0.4, 0.5) is 4.79 Å². The Hall–Kier alpha value is -3.52. The van der Waals surface area contributed by atoms with E-state index in [0.717, 1.165) is 28.0 Å². The molecular formula is C23H20N2O5S. The number of esters is 1. The highest BCUT2D eigenvalue weighted by molar-refractivity contribution is 8.18. The number of aryl methyl sites for hydroxylation is 2. The van der Waals surface area contributed by atoms with Gasteiger partial charge in [-0.25, -0.2) is 4.79 Å². The van der Waals surface area contributed by atoms with Gasteiger partial charge < -0.3 is 13.7 Å². The third-order valence-corrected chi connectivity index (χ3v) is 5.97. The maximum atomic E-state index is 12.9. The zero-order valence-corrected chi connectivity index (χ0v) is 18.1. The van der Waals surface area contributed by atoms with Crippen LogP contribution in [0.15, 0.2) is 58.0 Å². The molecule has 0 aliphatic carbocycles. The number of ether oxygens (including phenoxy) is 1. The standard InChI is InChI=1S/C23H20N2O5S/c1-14-6-7-17(11-15(14)2)24-10-4-5-16(24)12-20-21(26)25(23(28)31-20)13-18-8-9-19(30-18)22(27)29-3/h4-12H,13H2,1-3H3. The minimum Gasteiger partial charge on any atom is -0.463 e. The number of hydrogen-bond donors (Lipinski definition) is 0. The Labute approximate surface area is 183 Å². The predicted molar refractivity (Wildman–Crippen MR) is 117 cm³/mol. The maximum absolute atomic E-state index is 12.9. The molecular weight excluding hydrogens is 416 g/mol. The van der Waals surface area contributed by atoms with Crippen molar-refractivity contribution in [3.63, 3.8) is 0 Å². The Kier molecular flexibility index (Phi) is 5.56. The molecule has 4 rings (SSSR count). The van der Waals surface area contributed by atoms with Gasteiger partial charge in [0.05, 0.1) is 18.6 Å². The fourth-order valence-corrected chi connectivity index (χ4v) is 4.04. The first-order chi connectivity index (χ1) is 14.9. The lowest BCUT2D eigenvalue weighted by molar-refractivity contribution is -0.123. The molecule has 158 valence electrons. The van der Waals surface area contributed by atoms with Gasteiger partial charge in [-0.15, -0.1) is 0 Å². The van der Waals surface area contributed by atoms with Crippen molar-refractivity contribution < 1.29 is 23.5 Å².